The van der Waals surface area contributed by atoms with Crippen LogP contribution in [0.4, 0.5) is 0 Å². The number of carboxylic acid groups (broad SMARTS) is 1. The first-order chi connectivity index (χ1) is 9.56. The zero-order valence-corrected chi connectivity index (χ0v) is 11.9. The lowest BCUT2D eigenvalue weighted by molar-refractivity contribution is -0.143. The summed E-state index contributed by atoms with van der Waals surface area (Å²) in [6.45, 7) is 1.92. The van der Waals surface area contributed by atoms with Crippen LogP contribution in [0.15, 0.2) is 36.5 Å². The Kier molecular flexibility index (Phi) is 6.94. The van der Waals surface area contributed by atoms with Crippen LogP contribution in [0, 0.1) is 11.8 Å². The molecule has 4 nitrogen and oxygen atoms in total. The molecule has 0 aromatic carbocycles. The van der Waals surface area contributed by atoms with Gasteiger partial charge in [0.1, 0.15) is 0 Å². The van der Waals surface area contributed by atoms with E-state index in [9.17, 15) is 9.59 Å². The molecule has 0 amide bonds. The largest absolute Gasteiger partial charge is 0.481 e. The average Bonchev–Trinajstić information content (AvgIpc) is 2.46. The maximum absolute atomic E-state index is 11.9. The molecule has 0 aromatic heterocycles. The molecule has 0 aliphatic heterocycles. The maximum Gasteiger partial charge on any atom is 0.306 e. The Hall–Kier alpha value is -1.68. The van der Waals surface area contributed by atoms with Crippen molar-refractivity contribution in [3.05, 3.63) is 36.5 Å². The summed E-state index contributed by atoms with van der Waals surface area (Å²) in [7, 11) is 0. The van der Waals surface area contributed by atoms with E-state index in [1.165, 1.54) is 6.08 Å². The third-order valence-electron chi connectivity index (χ3n) is 3.74. The number of ketones is 1. The quantitative estimate of drug-likeness (QED) is 0.577. The van der Waals surface area contributed by atoms with Crippen molar-refractivity contribution >= 4 is 11.8 Å². The molecule has 0 heterocycles. The molecule has 3 N–H and O–H groups in total. The second kappa shape index (κ2) is 8.48. The van der Waals surface area contributed by atoms with Gasteiger partial charge in [0, 0.05) is 0 Å². The van der Waals surface area contributed by atoms with Crippen molar-refractivity contribution in [3.8, 4) is 0 Å². The molecule has 1 aliphatic rings. The Morgan fingerprint density at radius 1 is 1.10 bits per heavy atom. The number of hydrogen-bond acceptors (Lipinski definition) is 3. The summed E-state index contributed by atoms with van der Waals surface area (Å²) in [5.41, 5.74) is 5.97. The van der Waals surface area contributed by atoms with Crippen molar-refractivity contribution in [2.75, 3.05) is 0 Å². The van der Waals surface area contributed by atoms with Crippen LogP contribution in [0.1, 0.15) is 32.6 Å². The molecule has 0 radical (unpaired) electrons. The highest BCUT2D eigenvalue weighted by Gasteiger charge is 2.31. The second-order valence-electron chi connectivity index (χ2n) is 5.15. The van der Waals surface area contributed by atoms with Crippen LogP contribution in [0.25, 0.3) is 0 Å². The normalized spacial score (nSPS) is 25.5. The van der Waals surface area contributed by atoms with E-state index in [1.807, 2.05) is 25.2 Å². The minimum atomic E-state index is -0.739. The molecule has 1 rings (SSSR count). The number of carbonyl (C=O) groups excluding carboxylic acids is 1. The molecule has 20 heavy (non-hydrogen) atoms. The first-order valence-electron chi connectivity index (χ1n) is 7.04. The monoisotopic (exact) mass is 277 g/mol. The molecule has 1 unspecified atom stereocenters. The molecule has 1 atom stereocenters. The van der Waals surface area contributed by atoms with E-state index < -0.39 is 12.0 Å². The minimum Gasteiger partial charge on any atom is -0.481 e. The van der Waals surface area contributed by atoms with Gasteiger partial charge in [-0.25, -0.2) is 0 Å². The Morgan fingerprint density at radius 2 is 1.70 bits per heavy atom. The second-order valence-corrected chi connectivity index (χ2v) is 5.15. The molecule has 0 saturated heterocycles. The first-order valence-corrected chi connectivity index (χ1v) is 7.04. The SMILES string of the molecule is C/C=C/C=C/C=C/C(=O)C(N)C1CCC(C(=O)O)CC1. The van der Waals surface area contributed by atoms with Crippen molar-refractivity contribution in [1.29, 1.82) is 0 Å². The number of allylic oxidation sites excluding steroid dienone is 5. The molecule has 4 heteroatoms. The molecule has 0 spiro atoms. The fourth-order valence-corrected chi connectivity index (χ4v) is 2.46. The molecule has 110 valence electrons. The zero-order chi connectivity index (χ0) is 15.0. The van der Waals surface area contributed by atoms with E-state index in [0.717, 1.165) is 0 Å². The number of aliphatic carboxylic acids is 1. The predicted octanol–water partition coefficient (Wildman–Crippen LogP) is 2.46. The Balaban J connectivity index is 2.44. The maximum atomic E-state index is 11.9. The molecular formula is C16H23NO3. The summed E-state index contributed by atoms with van der Waals surface area (Å²) < 4.78 is 0. The van der Waals surface area contributed by atoms with Crippen LogP contribution in [0.3, 0.4) is 0 Å². The van der Waals surface area contributed by atoms with Crippen LogP contribution in [0.2, 0.25) is 0 Å². The average molecular weight is 277 g/mol. The molecule has 1 fully saturated rings. The van der Waals surface area contributed by atoms with Crippen molar-refractivity contribution in [2.24, 2.45) is 17.6 Å². The van der Waals surface area contributed by atoms with Gasteiger partial charge in [-0.05, 0) is 44.6 Å². The van der Waals surface area contributed by atoms with Crippen LogP contribution >= 0.6 is 0 Å². The number of hydrogen-bond donors (Lipinski definition) is 2. The van der Waals surface area contributed by atoms with Gasteiger partial charge in [0.15, 0.2) is 5.78 Å². The standard InChI is InChI=1S/C16H23NO3/c1-2-3-4-5-6-7-14(18)15(17)12-8-10-13(11-9-12)16(19)20/h2-7,12-13,15H,8-11,17H2,1H3,(H,19,20)/b3-2+,5-4+,7-6+. The lowest BCUT2D eigenvalue weighted by Gasteiger charge is -2.29. The highest BCUT2D eigenvalue weighted by atomic mass is 16.4. The molecule has 1 saturated carbocycles. The highest BCUT2D eigenvalue weighted by Crippen LogP contribution is 2.30. The van der Waals surface area contributed by atoms with Gasteiger partial charge in [0.05, 0.1) is 12.0 Å². The van der Waals surface area contributed by atoms with Gasteiger partial charge >= 0.3 is 5.97 Å². The lowest BCUT2D eigenvalue weighted by Crippen LogP contribution is -2.39. The summed E-state index contributed by atoms with van der Waals surface area (Å²) in [5, 5.41) is 8.94. The van der Waals surface area contributed by atoms with Gasteiger partial charge in [0.25, 0.3) is 0 Å². The highest BCUT2D eigenvalue weighted by molar-refractivity contribution is 5.94. The number of nitrogens with two attached hydrogens (primary N) is 1. The van der Waals surface area contributed by atoms with E-state index >= 15 is 0 Å². The first kappa shape index (κ1) is 16.4. The number of carboxylic acids is 1. The van der Waals surface area contributed by atoms with Gasteiger partial charge in [-0.15, -0.1) is 0 Å². The summed E-state index contributed by atoms with van der Waals surface area (Å²) in [6.07, 6.45) is 13.2. The van der Waals surface area contributed by atoms with E-state index in [0.29, 0.717) is 25.7 Å². The zero-order valence-electron chi connectivity index (χ0n) is 11.9. The van der Waals surface area contributed by atoms with Gasteiger partial charge < -0.3 is 10.8 Å². The predicted molar refractivity (Wildman–Crippen MR) is 79.2 cm³/mol. The van der Waals surface area contributed by atoms with E-state index in [1.54, 1.807) is 12.2 Å². The number of rotatable bonds is 6. The van der Waals surface area contributed by atoms with Gasteiger partial charge in [-0.1, -0.05) is 30.4 Å². The third kappa shape index (κ3) is 5.13. The van der Waals surface area contributed by atoms with Crippen LogP contribution in [0.5, 0.6) is 0 Å². The van der Waals surface area contributed by atoms with E-state index in [-0.39, 0.29) is 17.6 Å². The smallest absolute Gasteiger partial charge is 0.306 e. The van der Waals surface area contributed by atoms with Gasteiger partial charge in [-0.2, -0.15) is 0 Å². The topological polar surface area (TPSA) is 80.4 Å². The molecule has 0 bridgehead atoms. The Morgan fingerprint density at radius 3 is 2.25 bits per heavy atom. The van der Waals surface area contributed by atoms with E-state index in [4.69, 9.17) is 10.8 Å². The Labute approximate surface area is 120 Å². The van der Waals surface area contributed by atoms with Crippen molar-refractivity contribution in [2.45, 2.75) is 38.6 Å². The van der Waals surface area contributed by atoms with Crippen molar-refractivity contribution in [3.63, 3.8) is 0 Å². The fraction of sp³-hybridized carbons (Fsp3) is 0.500. The minimum absolute atomic E-state index is 0.0890. The Bertz CT molecular complexity index is 415. The van der Waals surface area contributed by atoms with Crippen molar-refractivity contribution < 1.29 is 14.7 Å². The van der Waals surface area contributed by atoms with Crippen LogP contribution < -0.4 is 5.73 Å². The summed E-state index contributed by atoms with van der Waals surface area (Å²) in [6, 6.07) is -0.517. The van der Waals surface area contributed by atoms with Gasteiger partial charge in [-0.3, -0.25) is 9.59 Å². The number of carbonyl (C=O) groups is 2. The molecule has 1 aliphatic carbocycles. The van der Waals surface area contributed by atoms with Gasteiger partial charge in [0.2, 0.25) is 0 Å². The molecular weight excluding hydrogens is 254 g/mol. The summed E-state index contributed by atoms with van der Waals surface area (Å²) >= 11 is 0. The van der Waals surface area contributed by atoms with Crippen LogP contribution in [-0.4, -0.2) is 22.9 Å². The van der Waals surface area contributed by atoms with E-state index in [2.05, 4.69) is 0 Å². The lowest BCUT2D eigenvalue weighted by atomic mass is 9.77. The fourth-order valence-electron chi connectivity index (χ4n) is 2.46. The molecule has 0 aromatic rings. The third-order valence-corrected chi connectivity index (χ3v) is 3.74. The van der Waals surface area contributed by atoms with Crippen LogP contribution in [-0.2, 0) is 9.59 Å². The summed E-state index contributed by atoms with van der Waals surface area (Å²) in [4.78, 5) is 22.8. The summed E-state index contributed by atoms with van der Waals surface area (Å²) in [5.74, 6) is -0.999. The van der Waals surface area contributed by atoms with Crippen molar-refractivity contribution in [1.82, 2.24) is 0 Å².